The van der Waals surface area contributed by atoms with Gasteiger partial charge in [0.1, 0.15) is 0 Å². The van der Waals surface area contributed by atoms with E-state index in [1.54, 1.807) is 17.9 Å². The maximum atomic E-state index is 6.70. The third kappa shape index (κ3) is 1.67. The fraction of sp³-hybridized carbons (Fsp3) is 0.167. The van der Waals surface area contributed by atoms with Crippen molar-refractivity contribution < 1.29 is 4.65 Å². The van der Waals surface area contributed by atoms with Crippen LogP contribution in [0.5, 0.6) is 5.88 Å². The second-order valence-electron chi connectivity index (χ2n) is 2.79. The molecule has 0 amide bonds. The van der Waals surface area contributed by atoms with Crippen LogP contribution in [-0.4, -0.2) is 36.1 Å². The number of nitrogens with two attached hydrogens (primary N) is 1. The minimum atomic E-state index is 0.0920. The fourth-order valence-electron chi connectivity index (χ4n) is 1.16. The van der Waals surface area contributed by atoms with Gasteiger partial charge in [0.05, 0.1) is 0 Å². The van der Waals surface area contributed by atoms with Crippen LogP contribution in [0.25, 0.3) is 11.2 Å². The topological polar surface area (TPSA) is 91.2 Å². The standard InChI is InChI=1S/C6H7B2N6O/c1-14-2-10-3-4(14)11-6(9)12-5(3)15-8-13-7/h2,7H,1H3,(H2,9,11,12)/i7D. The summed E-state index contributed by atoms with van der Waals surface area (Å²) in [5, 5.41) is 0. The van der Waals surface area contributed by atoms with E-state index in [-0.39, 0.29) is 11.8 Å². The summed E-state index contributed by atoms with van der Waals surface area (Å²) in [5.74, 6) is 0.308. The molecule has 0 unspecified atom stereocenters. The van der Waals surface area contributed by atoms with E-state index in [1.807, 2.05) is 0 Å². The Morgan fingerprint density at radius 1 is 1.73 bits per heavy atom. The average Bonchev–Trinajstić information content (AvgIpc) is 2.61. The van der Waals surface area contributed by atoms with Gasteiger partial charge in [-0.05, 0) is 0 Å². The van der Waals surface area contributed by atoms with Gasteiger partial charge in [0.2, 0.25) is 0 Å². The summed E-state index contributed by atoms with van der Waals surface area (Å²) >= 11 is 0. The molecule has 0 aliphatic heterocycles. The Morgan fingerprint density at radius 2 is 2.60 bits per heavy atom. The Bertz CT molecular complexity index is 543. The van der Waals surface area contributed by atoms with E-state index < -0.39 is 0 Å². The minimum absolute atomic E-state index is 0.0920. The molecule has 1 radical (unpaired) electrons. The van der Waals surface area contributed by atoms with Crippen LogP contribution in [0.15, 0.2) is 11.1 Å². The molecule has 0 spiro atoms. The van der Waals surface area contributed by atoms with Crippen molar-refractivity contribution in [2.75, 3.05) is 5.73 Å². The molecule has 2 heterocycles. The molecule has 2 N–H and O–H groups in total. The summed E-state index contributed by atoms with van der Waals surface area (Å²) in [6, 6.07) is 0. The van der Waals surface area contributed by atoms with Crippen LogP contribution in [0, 0.1) is 0 Å². The first kappa shape index (κ1) is 8.39. The molecule has 73 valence electrons. The molecule has 0 saturated carbocycles. The van der Waals surface area contributed by atoms with E-state index in [0.717, 1.165) is 15.2 Å². The molecule has 0 saturated heterocycles. The second-order valence-corrected chi connectivity index (χ2v) is 2.79. The molecule has 2 aromatic rings. The van der Waals surface area contributed by atoms with Crippen molar-refractivity contribution in [2.45, 2.75) is 0 Å². The van der Waals surface area contributed by atoms with Crippen LogP contribution in [0.3, 0.4) is 0 Å². The van der Waals surface area contributed by atoms with Crippen LogP contribution in [-0.2, 0) is 7.05 Å². The molecule has 0 aliphatic rings. The van der Waals surface area contributed by atoms with Crippen molar-refractivity contribution in [1.29, 1.82) is 1.34 Å². The van der Waals surface area contributed by atoms with Gasteiger partial charge >= 0.3 is 87.6 Å². The van der Waals surface area contributed by atoms with Gasteiger partial charge in [0.25, 0.3) is 0 Å². The summed E-state index contributed by atoms with van der Waals surface area (Å²) in [7, 11) is 3.72. The number of anilines is 1. The van der Waals surface area contributed by atoms with Crippen molar-refractivity contribution in [3.63, 3.8) is 0 Å². The van der Waals surface area contributed by atoms with Crippen molar-refractivity contribution >= 4 is 32.3 Å². The predicted molar refractivity (Wildman–Crippen MR) is 56.7 cm³/mol. The number of aromatic nitrogens is 4. The van der Waals surface area contributed by atoms with Gasteiger partial charge < -0.3 is 0 Å². The van der Waals surface area contributed by atoms with Gasteiger partial charge in [-0.1, -0.05) is 0 Å². The van der Waals surface area contributed by atoms with Gasteiger partial charge in [-0.15, -0.1) is 0 Å². The van der Waals surface area contributed by atoms with Gasteiger partial charge in [-0.2, -0.15) is 0 Å². The zero-order valence-corrected chi connectivity index (χ0v) is 7.95. The number of hydrogen-bond donors (Lipinski definition) is 1. The Labute approximate surface area is 88.5 Å². The Morgan fingerprint density at radius 3 is 3.40 bits per heavy atom. The Hall–Kier alpha value is -1.92. The molecule has 0 aliphatic carbocycles. The molecule has 15 heavy (non-hydrogen) atoms. The van der Waals surface area contributed by atoms with Gasteiger partial charge in [-0.3, -0.25) is 0 Å². The molecule has 2 rings (SSSR count). The molecule has 7 nitrogen and oxygen atoms in total. The SMILES string of the molecule is [2H][B]N=BOc1nc(N)nc2c1ncn2C. The van der Waals surface area contributed by atoms with E-state index in [9.17, 15) is 0 Å². The summed E-state index contributed by atoms with van der Waals surface area (Å²) in [6.45, 7) is 0. The van der Waals surface area contributed by atoms with Crippen molar-refractivity contribution in [2.24, 2.45) is 11.9 Å². The number of aryl methyl sites for hydroxylation is 1. The molecule has 2 aromatic heterocycles. The van der Waals surface area contributed by atoms with E-state index in [4.69, 9.17) is 11.7 Å². The van der Waals surface area contributed by atoms with Crippen LogP contribution in [0.2, 0.25) is 0 Å². The molecule has 0 aromatic carbocycles. The van der Waals surface area contributed by atoms with Gasteiger partial charge in [0.15, 0.2) is 0 Å². The summed E-state index contributed by atoms with van der Waals surface area (Å²) < 4.78 is 13.5. The maximum absolute atomic E-state index is 6.70. The molecule has 0 atom stereocenters. The normalized spacial score (nSPS) is 11.4. The van der Waals surface area contributed by atoms with Crippen LogP contribution >= 0.6 is 0 Å². The predicted octanol–water partition coefficient (Wildman–Crippen LogP) is -1.06. The van der Waals surface area contributed by atoms with Crippen LogP contribution in [0.1, 0.15) is 0 Å². The van der Waals surface area contributed by atoms with E-state index in [1.165, 1.54) is 0 Å². The van der Waals surface area contributed by atoms with E-state index >= 15 is 0 Å². The molecular formula is C6H7B2N6O. The number of rotatable bonds is 3. The number of imidazole rings is 1. The molecule has 0 fully saturated rings. The monoisotopic (exact) mass is 202 g/mol. The third-order valence-corrected chi connectivity index (χ3v) is 1.77. The number of hydrogen-bond acceptors (Lipinski definition) is 6. The average molecular weight is 202 g/mol. The zero-order valence-electron chi connectivity index (χ0n) is 8.95. The van der Waals surface area contributed by atoms with Crippen molar-refractivity contribution in [1.82, 2.24) is 19.5 Å². The van der Waals surface area contributed by atoms with Crippen LogP contribution < -0.4 is 10.4 Å². The molecule has 0 bridgehead atoms. The first-order valence-electron chi connectivity index (χ1n) is 4.63. The molecule has 9 heteroatoms. The number of nitrogen functional groups attached to an aromatic ring is 1. The van der Waals surface area contributed by atoms with E-state index in [0.29, 0.717) is 11.2 Å². The first-order chi connectivity index (χ1) is 7.72. The summed E-state index contributed by atoms with van der Waals surface area (Å²) in [5.41, 5.74) is 6.59. The Kier molecular flexibility index (Phi) is 2.06. The first-order valence-corrected chi connectivity index (χ1v) is 4.05. The van der Waals surface area contributed by atoms with Crippen molar-refractivity contribution in [3.8, 4) is 5.88 Å². The quantitative estimate of drug-likeness (QED) is 0.640. The van der Waals surface area contributed by atoms with Gasteiger partial charge in [-0.25, -0.2) is 0 Å². The zero-order chi connectivity index (χ0) is 11.5. The van der Waals surface area contributed by atoms with Gasteiger partial charge in [0, 0.05) is 0 Å². The number of nitrogens with zero attached hydrogens (tertiary/aromatic N) is 5. The third-order valence-electron chi connectivity index (χ3n) is 1.77. The summed E-state index contributed by atoms with van der Waals surface area (Å²) in [6.07, 6.45) is 1.58. The number of fused-ring (bicyclic) bond motifs is 1. The summed E-state index contributed by atoms with van der Waals surface area (Å²) in [4.78, 5) is 15.5. The fourth-order valence-corrected chi connectivity index (χ4v) is 1.16. The van der Waals surface area contributed by atoms with Crippen LogP contribution in [0.4, 0.5) is 5.95 Å². The van der Waals surface area contributed by atoms with E-state index in [2.05, 4.69) is 19.8 Å². The van der Waals surface area contributed by atoms with Crippen molar-refractivity contribution in [3.05, 3.63) is 6.33 Å². The molecular weight excluding hydrogens is 194 g/mol. The second kappa shape index (κ2) is 3.68. The Balaban J connectivity index is 2.47.